The summed E-state index contributed by atoms with van der Waals surface area (Å²) in [5.41, 5.74) is 7.73. The Balaban J connectivity index is 1.37. The monoisotopic (exact) mass is 515 g/mol. The predicted octanol–water partition coefficient (Wildman–Crippen LogP) is -0.481. The molecule has 5 rings (SSSR count). The number of amides is 2. The van der Waals surface area contributed by atoms with Gasteiger partial charge in [0.05, 0.1) is 11.8 Å². The van der Waals surface area contributed by atoms with Crippen LogP contribution in [-0.2, 0) is 25.6 Å². The molecule has 0 bridgehead atoms. The molecule has 2 amide bonds. The minimum Gasteiger partial charge on any atom is -0.477 e. The highest BCUT2D eigenvalue weighted by molar-refractivity contribution is 8.00. The Morgan fingerprint density at radius 2 is 2.29 bits per heavy atom. The molecule has 2 aliphatic heterocycles. The van der Waals surface area contributed by atoms with Crippen LogP contribution in [0.25, 0.3) is 5.52 Å². The van der Waals surface area contributed by atoms with Gasteiger partial charge in [0.2, 0.25) is 17.1 Å². The van der Waals surface area contributed by atoms with Crippen LogP contribution in [0.1, 0.15) is 11.4 Å². The molecule has 1 fully saturated rings. The lowest BCUT2D eigenvalue weighted by molar-refractivity contribution is -0.576. The van der Waals surface area contributed by atoms with Crippen molar-refractivity contribution in [3.63, 3.8) is 0 Å². The summed E-state index contributed by atoms with van der Waals surface area (Å²) in [6.45, 7) is 0. The Kier molecular flexibility index (Phi) is 5.86. The fourth-order valence-electron chi connectivity index (χ4n) is 4.05. The van der Waals surface area contributed by atoms with Crippen molar-refractivity contribution in [3.8, 4) is 0 Å². The molecule has 3 aromatic rings. The van der Waals surface area contributed by atoms with Crippen LogP contribution < -0.4 is 15.6 Å². The average molecular weight is 516 g/mol. The van der Waals surface area contributed by atoms with E-state index in [9.17, 15) is 19.5 Å². The van der Waals surface area contributed by atoms with Gasteiger partial charge in [0, 0.05) is 35.8 Å². The number of thioether (sulfide) groups is 1. The highest BCUT2D eigenvalue weighted by atomic mass is 32.2. The number of anilines is 1. The largest absolute Gasteiger partial charge is 0.477 e. The molecule has 35 heavy (non-hydrogen) atoms. The molecule has 2 aliphatic rings. The van der Waals surface area contributed by atoms with Gasteiger partial charge in [-0.1, -0.05) is 9.67 Å². The molecule has 0 saturated carbocycles. The van der Waals surface area contributed by atoms with Crippen molar-refractivity contribution in [1.29, 1.82) is 0 Å². The molecule has 13 nitrogen and oxygen atoms in total. The van der Waals surface area contributed by atoms with Gasteiger partial charge in [0.15, 0.2) is 11.3 Å². The minimum absolute atomic E-state index is 0.0308. The van der Waals surface area contributed by atoms with Gasteiger partial charge >= 0.3 is 5.97 Å². The third kappa shape index (κ3) is 3.97. The number of carboxylic acids is 1. The van der Waals surface area contributed by atoms with Crippen LogP contribution in [0.3, 0.4) is 0 Å². The number of carboxylic acid groups (broad SMARTS) is 1. The van der Waals surface area contributed by atoms with Gasteiger partial charge in [-0.3, -0.25) is 14.5 Å². The summed E-state index contributed by atoms with van der Waals surface area (Å²) in [7, 11) is 1.26. The molecule has 3 aromatic heterocycles. The van der Waals surface area contributed by atoms with Crippen LogP contribution in [0.15, 0.2) is 47.0 Å². The molecule has 0 aliphatic carbocycles. The quantitative estimate of drug-likeness (QED) is 0.140. The number of β-lactam (4-membered cyclic amide) rings is 1. The number of carbonyl (C=O) groups excluding carboxylic acids is 2. The Morgan fingerprint density at radius 3 is 3.00 bits per heavy atom. The molecule has 5 N–H and O–H groups in total. The molecule has 2 atom stereocenters. The van der Waals surface area contributed by atoms with Crippen molar-refractivity contribution in [1.82, 2.24) is 24.7 Å². The number of H-pyrrole nitrogens is 1. The zero-order valence-electron chi connectivity index (χ0n) is 18.2. The fraction of sp³-hybridized carbons (Fsp3) is 0.250. The van der Waals surface area contributed by atoms with E-state index in [0.717, 1.165) is 22.6 Å². The Hall–Kier alpha value is -3.98. The number of nitrogens with zero attached hydrogens (tertiary/aromatic N) is 5. The lowest BCUT2D eigenvalue weighted by Gasteiger charge is -2.49. The average Bonchev–Trinajstić information content (AvgIpc) is 3.46. The number of aliphatic carboxylic acids is 1. The zero-order chi connectivity index (χ0) is 24.7. The number of rotatable bonds is 7. The second-order valence-corrected chi connectivity index (χ2v) is 9.52. The topological polar surface area (TPSA) is 180 Å². The maximum Gasteiger partial charge on any atom is 0.352 e. The number of hydrogen-bond donors (Lipinski definition) is 4. The van der Waals surface area contributed by atoms with Crippen LogP contribution in [0.4, 0.5) is 5.13 Å². The number of nitrogens with two attached hydrogens (primary N) is 1. The summed E-state index contributed by atoms with van der Waals surface area (Å²) in [6, 6.07) is 4.76. The van der Waals surface area contributed by atoms with E-state index in [4.69, 9.17) is 10.6 Å². The Morgan fingerprint density at radius 1 is 1.46 bits per heavy atom. The summed E-state index contributed by atoms with van der Waals surface area (Å²) >= 11 is 2.27. The molecule has 0 spiro atoms. The van der Waals surface area contributed by atoms with Crippen LogP contribution >= 0.6 is 23.3 Å². The predicted molar refractivity (Wildman–Crippen MR) is 125 cm³/mol. The fourth-order valence-corrected chi connectivity index (χ4v) is 5.83. The smallest absolute Gasteiger partial charge is 0.352 e. The summed E-state index contributed by atoms with van der Waals surface area (Å²) in [6.07, 6.45) is 4.04. The van der Waals surface area contributed by atoms with E-state index >= 15 is 0 Å². The SMILES string of the molecule is CON=C(C(=O)N[C@@H]1C(=O)N2C(C(=O)O)=C(Cc3c[nH][n+]4ccccc34)CS[C@@H]12)c1nsc(N)n1. The van der Waals surface area contributed by atoms with Crippen LogP contribution in [0.2, 0.25) is 0 Å². The molecular formula is C20H19N8O5S2+. The molecule has 1 saturated heterocycles. The summed E-state index contributed by atoms with van der Waals surface area (Å²) < 4.78 is 5.79. The molecule has 0 radical (unpaired) electrons. The summed E-state index contributed by atoms with van der Waals surface area (Å²) in [5, 5.41) is 18.9. The third-order valence-corrected chi connectivity index (χ3v) is 7.44. The minimum atomic E-state index is -1.19. The maximum absolute atomic E-state index is 13.0. The molecule has 0 unspecified atom stereocenters. The highest BCUT2D eigenvalue weighted by Gasteiger charge is 2.54. The van der Waals surface area contributed by atoms with E-state index in [0.29, 0.717) is 17.7 Å². The number of nitrogens with one attached hydrogen (secondary N) is 2. The van der Waals surface area contributed by atoms with Gasteiger partial charge in [-0.05, 0) is 11.6 Å². The van der Waals surface area contributed by atoms with E-state index in [1.807, 2.05) is 35.1 Å². The standard InChI is InChI=1S/C20H18N8O5S2/c1-33-25-12(15-24-20(21)35-26-15)16(29)23-13-17(30)28-14(19(31)32)10(8-34-18(13)28)6-9-7-22-27-5-3-2-4-11(9)27/h2-5,7,13,18H,6,8H2,1H3,(H4,21,23,24,26,29,31,32)/p+1/t13-,18+/m1/s1. The van der Waals surface area contributed by atoms with Crippen LogP contribution in [-0.4, -0.2) is 72.2 Å². The van der Waals surface area contributed by atoms with Gasteiger partial charge < -0.3 is 21.0 Å². The van der Waals surface area contributed by atoms with Gasteiger partial charge in [0.25, 0.3) is 11.8 Å². The lowest BCUT2D eigenvalue weighted by Crippen LogP contribution is -2.71. The third-order valence-electron chi connectivity index (χ3n) is 5.56. The van der Waals surface area contributed by atoms with Gasteiger partial charge in [-0.25, -0.2) is 4.79 Å². The first-order valence-corrected chi connectivity index (χ1v) is 12.1. The maximum atomic E-state index is 13.0. The normalized spacial score (nSPS) is 20.0. The number of fused-ring (bicyclic) bond motifs is 2. The number of pyridine rings is 1. The molecule has 15 heteroatoms. The van der Waals surface area contributed by atoms with E-state index in [-0.39, 0.29) is 22.4 Å². The van der Waals surface area contributed by atoms with Crippen LogP contribution in [0.5, 0.6) is 0 Å². The number of aromatic nitrogens is 4. The molecular weight excluding hydrogens is 496 g/mol. The first-order valence-electron chi connectivity index (χ1n) is 10.3. The lowest BCUT2D eigenvalue weighted by atomic mass is 9.99. The van der Waals surface area contributed by atoms with E-state index in [1.54, 1.807) is 0 Å². The van der Waals surface area contributed by atoms with Crippen molar-refractivity contribution < 1.29 is 28.8 Å². The Bertz CT molecular complexity index is 1410. The van der Waals surface area contributed by atoms with Crippen molar-refractivity contribution >= 4 is 57.4 Å². The molecule has 180 valence electrons. The first-order chi connectivity index (χ1) is 16.9. The number of oxime groups is 1. The first kappa shape index (κ1) is 22.8. The van der Waals surface area contributed by atoms with Crippen molar-refractivity contribution in [2.24, 2.45) is 5.16 Å². The van der Waals surface area contributed by atoms with Gasteiger partial charge in [0.1, 0.15) is 24.2 Å². The number of nitrogen functional groups attached to an aromatic ring is 1. The number of carbonyl (C=O) groups is 3. The molecule has 5 heterocycles. The van der Waals surface area contributed by atoms with Crippen molar-refractivity contribution in [3.05, 3.63) is 53.3 Å². The number of aromatic amines is 1. The van der Waals surface area contributed by atoms with Crippen LogP contribution in [0, 0.1) is 0 Å². The van der Waals surface area contributed by atoms with E-state index in [1.165, 1.54) is 23.8 Å². The molecule has 0 aromatic carbocycles. The van der Waals surface area contributed by atoms with Gasteiger partial charge in [-0.15, -0.1) is 11.8 Å². The zero-order valence-corrected chi connectivity index (χ0v) is 19.8. The van der Waals surface area contributed by atoms with E-state index in [2.05, 4.69) is 24.9 Å². The Labute approximate surface area is 205 Å². The second kappa shape index (κ2) is 8.99. The second-order valence-electron chi connectivity index (χ2n) is 7.63. The number of hydrogen-bond acceptors (Lipinski definition) is 10. The van der Waals surface area contributed by atoms with Gasteiger partial charge in [-0.2, -0.15) is 14.5 Å². The summed E-state index contributed by atoms with van der Waals surface area (Å²) in [5.74, 6) is -2.10. The highest BCUT2D eigenvalue weighted by Crippen LogP contribution is 2.41. The van der Waals surface area contributed by atoms with Crippen molar-refractivity contribution in [2.45, 2.75) is 17.8 Å². The van der Waals surface area contributed by atoms with E-state index < -0.39 is 29.2 Å². The summed E-state index contributed by atoms with van der Waals surface area (Å²) in [4.78, 5) is 47.9. The van der Waals surface area contributed by atoms with Crippen molar-refractivity contribution in [2.75, 3.05) is 18.6 Å².